The lowest BCUT2D eigenvalue weighted by atomic mass is 10.1. The van der Waals surface area contributed by atoms with Gasteiger partial charge in [0.2, 0.25) is 0 Å². The van der Waals surface area contributed by atoms with E-state index in [-0.39, 0.29) is 5.56 Å². The van der Waals surface area contributed by atoms with Gasteiger partial charge in [-0.15, -0.1) is 0 Å². The van der Waals surface area contributed by atoms with Crippen LogP contribution in [-0.2, 0) is 0 Å². The smallest absolute Gasteiger partial charge is 0.267 e. The Labute approximate surface area is 147 Å². The fourth-order valence-corrected chi connectivity index (χ4v) is 3.02. The standard InChI is InChI=1S/C20H13BrN2O/c21-15-12-10-14(11-13-15)19-17-8-4-5-9-18(17)20(24)23(22-19)16-6-2-1-3-7-16/h1-13H. The molecule has 1 heterocycles. The number of benzene rings is 3. The van der Waals surface area contributed by atoms with Crippen molar-refractivity contribution >= 4 is 26.7 Å². The molecule has 0 amide bonds. The lowest BCUT2D eigenvalue weighted by molar-refractivity contribution is 0.826. The Kier molecular flexibility index (Phi) is 3.75. The van der Waals surface area contributed by atoms with E-state index in [1.165, 1.54) is 4.68 Å². The molecule has 4 heteroatoms. The first-order valence-electron chi connectivity index (χ1n) is 7.57. The Balaban J connectivity index is 2.08. The molecule has 4 aromatic rings. The normalized spacial score (nSPS) is 10.9. The van der Waals surface area contributed by atoms with Crippen LogP contribution in [-0.4, -0.2) is 9.78 Å². The third kappa shape index (κ3) is 2.55. The van der Waals surface area contributed by atoms with Gasteiger partial charge >= 0.3 is 0 Å². The summed E-state index contributed by atoms with van der Waals surface area (Å²) in [5, 5.41) is 6.18. The number of aromatic nitrogens is 2. The second-order valence-electron chi connectivity index (χ2n) is 5.45. The van der Waals surface area contributed by atoms with Crippen molar-refractivity contribution in [1.82, 2.24) is 9.78 Å². The topological polar surface area (TPSA) is 34.9 Å². The van der Waals surface area contributed by atoms with E-state index in [1.807, 2.05) is 78.9 Å². The average molecular weight is 377 g/mol. The lowest BCUT2D eigenvalue weighted by Crippen LogP contribution is -2.22. The van der Waals surface area contributed by atoms with E-state index < -0.39 is 0 Å². The number of para-hydroxylation sites is 1. The molecule has 0 aliphatic heterocycles. The molecule has 0 fully saturated rings. The third-order valence-corrected chi connectivity index (χ3v) is 4.45. The van der Waals surface area contributed by atoms with Crippen LogP contribution in [0.15, 0.2) is 88.1 Å². The number of rotatable bonds is 2. The highest BCUT2D eigenvalue weighted by atomic mass is 79.9. The van der Waals surface area contributed by atoms with Crippen molar-refractivity contribution in [3.63, 3.8) is 0 Å². The number of nitrogens with zero attached hydrogens (tertiary/aromatic N) is 2. The van der Waals surface area contributed by atoms with Crippen molar-refractivity contribution in [2.75, 3.05) is 0 Å². The van der Waals surface area contributed by atoms with Gasteiger partial charge < -0.3 is 0 Å². The molecule has 24 heavy (non-hydrogen) atoms. The van der Waals surface area contributed by atoms with Gasteiger partial charge in [-0.3, -0.25) is 4.79 Å². The van der Waals surface area contributed by atoms with Gasteiger partial charge in [-0.25, -0.2) is 0 Å². The van der Waals surface area contributed by atoms with E-state index in [4.69, 9.17) is 0 Å². The van der Waals surface area contributed by atoms with Crippen molar-refractivity contribution in [1.29, 1.82) is 0 Å². The predicted molar refractivity (Wildman–Crippen MR) is 100 cm³/mol. The summed E-state index contributed by atoms with van der Waals surface area (Å²) in [4.78, 5) is 12.9. The lowest BCUT2D eigenvalue weighted by Gasteiger charge is -2.11. The second kappa shape index (κ2) is 6.06. The largest absolute Gasteiger partial charge is 0.279 e. The SMILES string of the molecule is O=c1c2ccccc2c(-c2ccc(Br)cc2)nn1-c1ccccc1. The first kappa shape index (κ1) is 14.8. The molecule has 3 nitrogen and oxygen atoms in total. The molecule has 0 unspecified atom stereocenters. The summed E-state index contributed by atoms with van der Waals surface area (Å²) in [5.74, 6) is 0. The van der Waals surface area contributed by atoms with Gasteiger partial charge in [-0.2, -0.15) is 9.78 Å². The van der Waals surface area contributed by atoms with Crippen LogP contribution < -0.4 is 5.56 Å². The Bertz CT molecular complexity index is 1070. The highest BCUT2D eigenvalue weighted by Gasteiger charge is 2.12. The van der Waals surface area contributed by atoms with Crippen molar-refractivity contribution in [2.24, 2.45) is 0 Å². The minimum Gasteiger partial charge on any atom is -0.267 e. The summed E-state index contributed by atoms with van der Waals surface area (Å²) in [7, 11) is 0. The van der Waals surface area contributed by atoms with Crippen LogP contribution in [0.3, 0.4) is 0 Å². The molecule has 0 atom stereocenters. The van der Waals surface area contributed by atoms with Crippen LogP contribution in [0.1, 0.15) is 0 Å². The van der Waals surface area contributed by atoms with Gasteiger partial charge in [-0.05, 0) is 30.3 Å². The Morgan fingerprint density at radius 1 is 0.750 bits per heavy atom. The van der Waals surface area contributed by atoms with Gasteiger partial charge in [0.15, 0.2) is 0 Å². The van der Waals surface area contributed by atoms with E-state index in [2.05, 4.69) is 21.0 Å². The number of fused-ring (bicyclic) bond motifs is 1. The Morgan fingerprint density at radius 3 is 2.08 bits per heavy atom. The first-order chi connectivity index (χ1) is 11.7. The van der Waals surface area contributed by atoms with Gasteiger partial charge in [-0.1, -0.05) is 64.5 Å². The third-order valence-electron chi connectivity index (χ3n) is 3.92. The molecule has 0 aliphatic rings. The molecule has 1 aromatic heterocycles. The fourth-order valence-electron chi connectivity index (χ4n) is 2.75. The molecule has 0 spiro atoms. The van der Waals surface area contributed by atoms with Crippen LogP contribution in [0, 0.1) is 0 Å². The van der Waals surface area contributed by atoms with Crippen LogP contribution in [0.4, 0.5) is 0 Å². The van der Waals surface area contributed by atoms with Crippen molar-refractivity contribution < 1.29 is 0 Å². The zero-order valence-corrected chi connectivity index (χ0v) is 14.3. The molecule has 116 valence electrons. The number of halogens is 1. The Hall–Kier alpha value is -2.72. The maximum atomic E-state index is 12.9. The maximum absolute atomic E-state index is 12.9. The Morgan fingerprint density at radius 2 is 1.38 bits per heavy atom. The summed E-state index contributed by atoms with van der Waals surface area (Å²) >= 11 is 3.45. The van der Waals surface area contributed by atoms with Gasteiger partial charge in [0.05, 0.1) is 16.8 Å². The predicted octanol–water partition coefficient (Wildman–Crippen LogP) is 4.82. The fraction of sp³-hybridized carbons (Fsp3) is 0. The molecular weight excluding hydrogens is 364 g/mol. The first-order valence-corrected chi connectivity index (χ1v) is 8.37. The average Bonchev–Trinajstić information content (AvgIpc) is 2.64. The van der Waals surface area contributed by atoms with E-state index in [9.17, 15) is 4.79 Å². The quantitative estimate of drug-likeness (QED) is 0.502. The van der Waals surface area contributed by atoms with Crippen LogP contribution in [0.5, 0.6) is 0 Å². The molecule has 0 bridgehead atoms. The highest BCUT2D eigenvalue weighted by molar-refractivity contribution is 9.10. The molecule has 0 saturated carbocycles. The van der Waals surface area contributed by atoms with Crippen LogP contribution in [0.25, 0.3) is 27.7 Å². The molecule has 0 N–H and O–H groups in total. The molecule has 0 saturated heterocycles. The minimum atomic E-state index is -0.113. The van der Waals surface area contributed by atoms with Gasteiger partial charge in [0.1, 0.15) is 0 Å². The summed E-state index contributed by atoms with van der Waals surface area (Å²) in [6.07, 6.45) is 0. The highest BCUT2D eigenvalue weighted by Crippen LogP contribution is 2.26. The van der Waals surface area contributed by atoms with Crippen LogP contribution >= 0.6 is 15.9 Å². The zero-order chi connectivity index (χ0) is 16.5. The summed E-state index contributed by atoms with van der Waals surface area (Å²) in [6.45, 7) is 0. The number of hydrogen-bond donors (Lipinski definition) is 0. The monoisotopic (exact) mass is 376 g/mol. The molecule has 3 aromatic carbocycles. The van der Waals surface area contributed by atoms with E-state index in [0.29, 0.717) is 5.39 Å². The molecule has 0 aliphatic carbocycles. The second-order valence-corrected chi connectivity index (χ2v) is 6.37. The summed E-state index contributed by atoms with van der Waals surface area (Å²) in [5.41, 5.74) is 2.41. The van der Waals surface area contributed by atoms with Crippen molar-refractivity contribution in [3.8, 4) is 16.9 Å². The molecular formula is C20H13BrN2O. The van der Waals surface area contributed by atoms with E-state index >= 15 is 0 Å². The van der Waals surface area contributed by atoms with Crippen LogP contribution in [0.2, 0.25) is 0 Å². The van der Waals surface area contributed by atoms with Gasteiger partial charge in [0, 0.05) is 15.4 Å². The van der Waals surface area contributed by atoms with Gasteiger partial charge in [0.25, 0.3) is 5.56 Å². The molecule has 0 radical (unpaired) electrons. The van der Waals surface area contributed by atoms with E-state index in [0.717, 1.165) is 26.8 Å². The zero-order valence-electron chi connectivity index (χ0n) is 12.7. The minimum absolute atomic E-state index is 0.113. The molecule has 4 rings (SSSR count). The summed E-state index contributed by atoms with van der Waals surface area (Å²) < 4.78 is 2.48. The maximum Gasteiger partial charge on any atom is 0.279 e. The van der Waals surface area contributed by atoms with E-state index in [1.54, 1.807) is 0 Å². The number of hydrogen-bond acceptors (Lipinski definition) is 2. The van der Waals surface area contributed by atoms with Crippen molar-refractivity contribution in [2.45, 2.75) is 0 Å². The summed E-state index contributed by atoms with van der Waals surface area (Å²) in [6, 6.07) is 25.0. The van der Waals surface area contributed by atoms with Crippen molar-refractivity contribution in [3.05, 3.63) is 93.7 Å².